The first-order valence-corrected chi connectivity index (χ1v) is 5.48. The van der Waals surface area contributed by atoms with E-state index in [1.807, 2.05) is 20.8 Å². The van der Waals surface area contributed by atoms with Gasteiger partial charge >= 0.3 is 6.09 Å². The van der Waals surface area contributed by atoms with Crippen LogP contribution in [-0.2, 0) is 4.74 Å². The lowest BCUT2D eigenvalue weighted by Gasteiger charge is -2.23. The molecular weight excluding hydrogens is 197 g/mol. The second kappa shape index (κ2) is 4.81. The SMILES string of the molecule is CC(C)(C)OC(=O)NC1CCCC1CF. The molecule has 2 unspecified atom stereocenters. The molecule has 0 aliphatic heterocycles. The fourth-order valence-electron chi connectivity index (χ4n) is 1.87. The highest BCUT2D eigenvalue weighted by Crippen LogP contribution is 2.26. The van der Waals surface area contributed by atoms with Crippen molar-refractivity contribution in [2.45, 2.75) is 51.7 Å². The van der Waals surface area contributed by atoms with Crippen LogP contribution in [0.1, 0.15) is 40.0 Å². The second-order valence-corrected chi connectivity index (χ2v) is 5.10. The van der Waals surface area contributed by atoms with Crippen molar-refractivity contribution in [2.24, 2.45) is 5.92 Å². The summed E-state index contributed by atoms with van der Waals surface area (Å²) in [7, 11) is 0. The Kier molecular flexibility index (Phi) is 3.94. The van der Waals surface area contributed by atoms with E-state index < -0.39 is 11.7 Å². The van der Waals surface area contributed by atoms with Gasteiger partial charge in [-0.3, -0.25) is 4.39 Å². The Hall–Kier alpha value is -0.800. The molecule has 1 aliphatic rings. The predicted octanol–water partition coefficient (Wildman–Crippen LogP) is 2.65. The molecule has 2 atom stereocenters. The molecule has 0 spiro atoms. The van der Waals surface area contributed by atoms with E-state index in [1.54, 1.807) is 0 Å². The van der Waals surface area contributed by atoms with Gasteiger partial charge in [0.05, 0.1) is 6.67 Å². The van der Waals surface area contributed by atoms with Crippen LogP contribution in [0.15, 0.2) is 0 Å². The first-order chi connectivity index (χ1) is 6.92. The molecule has 1 amide bonds. The molecule has 0 aromatic heterocycles. The lowest BCUT2D eigenvalue weighted by atomic mass is 10.1. The quantitative estimate of drug-likeness (QED) is 0.772. The number of amides is 1. The molecule has 0 heterocycles. The normalized spacial score (nSPS) is 26.4. The summed E-state index contributed by atoms with van der Waals surface area (Å²) in [5, 5.41) is 2.74. The molecule has 15 heavy (non-hydrogen) atoms. The van der Waals surface area contributed by atoms with Gasteiger partial charge in [-0.05, 0) is 33.6 Å². The zero-order valence-corrected chi connectivity index (χ0v) is 9.68. The number of ether oxygens (including phenoxy) is 1. The molecule has 4 heteroatoms. The van der Waals surface area contributed by atoms with Gasteiger partial charge in [0.1, 0.15) is 5.60 Å². The molecule has 0 radical (unpaired) electrons. The minimum absolute atomic E-state index is 0.0301. The van der Waals surface area contributed by atoms with Crippen LogP contribution >= 0.6 is 0 Å². The minimum Gasteiger partial charge on any atom is -0.444 e. The summed E-state index contributed by atoms with van der Waals surface area (Å²) in [4.78, 5) is 11.4. The number of halogens is 1. The number of carbonyl (C=O) groups is 1. The summed E-state index contributed by atoms with van der Waals surface area (Å²) >= 11 is 0. The van der Waals surface area contributed by atoms with Crippen LogP contribution in [0.25, 0.3) is 0 Å². The smallest absolute Gasteiger partial charge is 0.407 e. The Bertz CT molecular complexity index is 225. The van der Waals surface area contributed by atoms with E-state index in [2.05, 4.69) is 5.32 Å². The molecular formula is C11H20FNO2. The fourth-order valence-corrected chi connectivity index (χ4v) is 1.87. The Morgan fingerprint density at radius 1 is 1.47 bits per heavy atom. The Balaban J connectivity index is 2.37. The van der Waals surface area contributed by atoms with Crippen molar-refractivity contribution in [3.05, 3.63) is 0 Å². The maximum Gasteiger partial charge on any atom is 0.407 e. The van der Waals surface area contributed by atoms with Crippen molar-refractivity contribution in [1.29, 1.82) is 0 Å². The first kappa shape index (κ1) is 12.3. The number of carbonyl (C=O) groups excluding carboxylic acids is 1. The van der Waals surface area contributed by atoms with E-state index in [-0.39, 0.29) is 18.6 Å². The van der Waals surface area contributed by atoms with E-state index in [4.69, 9.17) is 4.74 Å². The van der Waals surface area contributed by atoms with E-state index >= 15 is 0 Å². The molecule has 3 nitrogen and oxygen atoms in total. The number of alkyl halides is 1. The van der Waals surface area contributed by atoms with Gasteiger partial charge in [0.2, 0.25) is 0 Å². The maximum atomic E-state index is 12.5. The van der Waals surface area contributed by atoms with Gasteiger partial charge in [0, 0.05) is 12.0 Å². The van der Waals surface area contributed by atoms with Gasteiger partial charge in [-0.2, -0.15) is 0 Å². The number of alkyl carbamates (subject to hydrolysis) is 1. The van der Waals surface area contributed by atoms with Crippen LogP contribution < -0.4 is 5.32 Å². The van der Waals surface area contributed by atoms with Crippen LogP contribution in [0, 0.1) is 5.92 Å². The van der Waals surface area contributed by atoms with Crippen molar-refractivity contribution in [2.75, 3.05) is 6.67 Å². The van der Waals surface area contributed by atoms with Crippen LogP contribution in [0.5, 0.6) is 0 Å². The van der Waals surface area contributed by atoms with Crippen LogP contribution in [-0.4, -0.2) is 24.4 Å². The highest BCUT2D eigenvalue weighted by Gasteiger charge is 2.29. The molecule has 1 rings (SSSR count). The van der Waals surface area contributed by atoms with Crippen molar-refractivity contribution in [1.82, 2.24) is 5.32 Å². The third-order valence-corrected chi connectivity index (χ3v) is 2.56. The number of hydrogen-bond donors (Lipinski definition) is 1. The summed E-state index contributed by atoms with van der Waals surface area (Å²) in [5.41, 5.74) is -0.492. The number of hydrogen-bond acceptors (Lipinski definition) is 2. The molecule has 1 saturated carbocycles. The fraction of sp³-hybridized carbons (Fsp3) is 0.909. The van der Waals surface area contributed by atoms with Crippen molar-refractivity contribution >= 4 is 6.09 Å². The monoisotopic (exact) mass is 217 g/mol. The van der Waals surface area contributed by atoms with E-state index in [1.165, 1.54) is 0 Å². The summed E-state index contributed by atoms with van der Waals surface area (Å²) in [6.07, 6.45) is 2.26. The van der Waals surface area contributed by atoms with E-state index in [0.717, 1.165) is 19.3 Å². The average molecular weight is 217 g/mol. The lowest BCUT2D eigenvalue weighted by molar-refractivity contribution is 0.0489. The Labute approximate surface area is 90.4 Å². The first-order valence-electron chi connectivity index (χ1n) is 5.48. The van der Waals surface area contributed by atoms with Crippen molar-refractivity contribution in [3.63, 3.8) is 0 Å². The standard InChI is InChI=1S/C11H20FNO2/c1-11(2,3)15-10(14)13-9-6-4-5-8(9)7-12/h8-9H,4-7H2,1-3H3,(H,13,14). The van der Waals surface area contributed by atoms with Crippen LogP contribution in [0.2, 0.25) is 0 Å². The average Bonchev–Trinajstić information content (AvgIpc) is 2.48. The highest BCUT2D eigenvalue weighted by molar-refractivity contribution is 5.68. The van der Waals surface area contributed by atoms with Gasteiger partial charge in [0.15, 0.2) is 0 Å². The predicted molar refractivity (Wildman–Crippen MR) is 56.5 cm³/mol. The number of nitrogens with one attached hydrogen (secondary N) is 1. The van der Waals surface area contributed by atoms with Gasteiger partial charge in [-0.25, -0.2) is 4.79 Å². The lowest BCUT2D eigenvalue weighted by Crippen LogP contribution is -2.41. The molecule has 88 valence electrons. The molecule has 0 saturated heterocycles. The number of rotatable bonds is 2. The Morgan fingerprint density at radius 3 is 2.67 bits per heavy atom. The zero-order valence-electron chi connectivity index (χ0n) is 9.68. The molecule has 1 N–H and O–H groups in total. The largest absolute Gasteiger partial charge is 0.444 e. The molecule has 0 aromatic carbocycles. The van der Waals surface area contributed by atoms with Gasteiger partial charge in [-0.1, -0.05) is 6.42 Å². The summed E-state index contributed by atoms with van der Waals surface area (Å²) < 4.78 is 17.7. The van der Waals surface area contributed by atoms with Gasteiger partial charge in [-0.15, -0.1) is 0 Å². The zero-order chi connectivity index (χ0) is 11.5. The maximum absolute atomic E-state index is 12.5. The summed E-state index contributed by atoms with van der Waals surface area (Å²) in [5.74, 6) is -0.0301. The van der Waals surface area contributed by atoms with Crippen molar-refractivity contribution < 1.29 is 13.9 Å². The highest BCUT2D eigenvalue weighted by atomic mass is 19.1. The minimum atomic E-state index is -0.492. The molecule has 0 bridgehead atoms. The summed E-state index contributed by atoms with van der Waals surface area (Å²) in [6.45, 7) is 5.08. The van der Waals surface area contributed by atoms with Gasteiger partial charge < -0.3 is 10.1 Å². The summed E-state index contributed by atoms with van der Waals surface area (Å²) in [6, 6.07) is -0.0511. The third kappa shape index (κ3) is 4.06. The second-order valence-electron chi connectivity index (χ2n) is 5.10. The van der Waals surface area contributed by atoms with Crippen LogP contribution in [0.3, 0.4) is 0 Å². The molecule has 0 aromatic rings. The molecule has 1 aliphatic carbocycles. The van der Waals surface area contributed by atoms with E-state index in [9.17, 15) is 9.18 Å². The van der Waals surface area contributed by atoms with Gasteiger partial charge in [0.25, 0.3) is 0 Å². The van der Waals surface area contributed by atoms with E-state index in [0.29, 0.717) is 0 Å². The third-order valence-electron chi connectivity index (χ3n) is 2.56. The Morgan fingerprint density at radius 2 is 2.13 bits per heavy atom. The topological polar surface area (TPSA) is 38.3 Å². The van der Waals surface area contributed by atoms with Crippen LogP contribution in [0.4, 0.5) is 9.18 Å². The molecule has 1 fully saturated rings. The van der Waals surface area contributed by atoms with Crippen molar-refractivity contribution in [3.8, 4) is 0 Å².